The maximum Gasteiger partial charge on any atom is 0.161 e. The van der Waals surface area contributed by atoms with E-state index in [2.05, 4.69) is 60.6 Å². The van der Waals surface area contributed by atoms with E-state index in [0.717, 1.165) is 35.8 Å². The highest BCUT2D eigenvalue weighted by Crippen LogP contribution is 2.67. The molecule has 5 atom stereocenters. The molecule has 4 heteroatoms. The van der Waals surface area contributed by atoms with E-state index in [0.29, 0.717) is 24.7 Å². The minimum atomic E-state index is -0.469. The third-order valence-corrected chi connectivity index (χ3v) is 10.1. The van der Waals surface area contributed by atoms with E-state index >= 15 is 0 Å². The second kappa shape index (κ2) is 18.3. The third-order valence-electron chi connectivity index (χ3n) is 10.1. The number of aliphatic hydroxyl groups is 2. The largest absolute Gasteiger partial charge is 0.393 e. The fourth-order valence-electron chi connectivity index (χ4n) is 7.66. The number of epoxide rings is 1. The number of Topliss-reactive ketones (excluding diaryl/α,β-unsaturated/α-hetero) is 1. The molecule has 0 bridgehead atoms. The van der Waals surface area contributed by atoms with Crippen LogP contribution in [0.5, 0.6) is 0 Å². The average Bonchev–Trinajstić information content (AvgIpc) is 3.56. The number of hydrogen-bond acceptors (Lipinski definition) is 4. The fourth-order valence-corrected chi connectivity index (χ4v) is 7.66. The van der Waals surface area contributed by atoms with E-state index in [1.54, 1.807) is 0 Å². The summed E-state index contributed by atoms with van der Waals surface area (Å²) in [5, 5.41) is 19.7. The monoisotopic (exact) mass is 637 g/mol. The highest BCUT2D eigenvalue weighted by atomic mass is 16.6. The lowest BCUT2D eigenvalue weighted by molar-refractivity contribution is -0.118. The first-order valence-electron chi connectivity index (χ1n) is 17.7. The molecule has 1 aliphatic heterocycles. The summed E-state index contributed by atoms with van der Waals surface area (Å²) in [7, 11) is 0. The average molecular weight is 637 g/mol. The van der Waals surface area contributed by atoms with Gasteiger partial charge in [0.2, 0.25) is 0 Å². The van der Waals surface area contributed by atoms with Gasteiger partial charge in [-0.25, -0.2) is 0 Å². The van der Waals surface area contributed by atoms with Crippen molar-refractivity contribution in [2.45, 2.75) is 152 Å². The van der Waals surface area contributed by atoms with Gasteiger partial charge in [0.05, 0.1) is 17.8 Å². The lowest BCUT2D eigenvalue weighted by Gasteiger charge is -2.43. The van der Waals surface area contributed by atoms with Gasteiger partial charge in [-0.2, -0.15) is 0 Å². The Labute approximate surface area is 283 Å². The van der Waals surface area contributed by atoms with Crippen molar-refractivity contribution in [2.75, 3.05) is 0 Å². The van der Waals surface area contributed by atoms with Gasteiger partial charge in [0.25, 0.3) is 0 Å². The maximum atomic E-state index is 12.9. The molecule has 3 fully saturated rings. The van der Waals surface area contributed by atoms with Gasteiger partial charge in [-0.1, -0.05) is 133 Å². The summed E-state index contributed by atoms with van der Waals surface area (Å²) in [6, 6.07) is 0. The van der Waals surface area contributed by atoms with Gasteiger partial charge in [-0.3, -0.25) is 4.79 Å². The summed E-state index contributed by atoms with van der Waals surface area (Å²) in [5.41, 5.74) is 2.25. The van der Waals surface area contributed by atoms with Gasteiger partial charge in [-0.05, 0) is 88.5 Å². The Balaban J connectivity index is 0.000000629. The molecule has 1 saturated heterocycles. The Hall–Kier alpha value is -2.27. The summed E-state index contributed by atoms with van der Waals surface area (Å²) in [5.74, 6) is 1.66. The number of hydrogen-bond donors (Lipinski definition) is 2. The van der Waals surface area contributed by atoms with Crippen LogP contribution in [0.25, 0.3) is 0 Å². The van der Waals surface area contributed by atoms with Gasteiger partial charge in [-0.15, -0.1) is 0 Å². The van der Waals surface area contributed by atoms with Gasteiger partial charge in [0.15, 0.2) is 5.78 Å². The topological polar surface area (TPSA) is 70.1 Å². The van der Waals surface area contributed by atoms with Crippen molar-refractivity contribution in [3.8, 4) is 0 Å². The van der Waals surface area contributed by atoms with Crippen LogP contribution in [0.2, 0.25) is 0 Å². The summed E-state index contributed by atoms with van der Waals surface area (Å²) < 4.78 is 6.15. The SMILES string of the molecule is CC.CC(C)C1CCC(O)CC1(C)C.C\C=C/C=C/C(C)=C/C=C/C=C(C)/C=C/C=C(\C)C(=O)CC12OC1(C)CC(O)CC2(C)C. The molecule has 46 heavy (non-hydrogen) atoms. The zero-order chi connectivity index (χ0) is 35.3. The van der Waals surface area contributed by atoms with E-state index in [9.17, 15) is 15.0 Å². The first kappa shape index (κ1) is 41.8. The van der Waals surface area contributed by atoms with Crippen molar-refractivity contribution < 1.29 is 19.7 Å². The van der Waals surface area contributed by atoms with E-state index in [1.807, 2.05) is 96.2 Å². The molecule has 1 heterocycles. The molecule has 5 unspecified atom stereocenters. The quantitative estimate of drug-likeness (QED) is 0.142. The number of allylic oxidation sites excluding steroid dienone is 14. The lowest BCUT2D eigenvalue weighted by atomic mass is 9.61. The van der Waals surface area contributed by atoms with E-state index in [4.69, 9.17) is 4.74 Å². The van der Waals surface area contributed by atoms with Gasteiger partial charge < -0.3 is 14.9 Å². The Bertz CT molecular complexity index is 1190. The number of fused-ring (bicyclic) bond motifs is 1. The summed E-state index contributed by atoms with van der Waals surface area (Å²) in [4.78, 5) is 12.9. The predicted molar refractivity (Wildman–Crippen MR) is 198 cm³/mol. The highest BCUT2D eigenvalue weighted by molar-refractivity contribution is 5.96. The zero-order valence-electron chi connectivity index (χ0n) is 31.6. The molecule has 2 saturated carbocycles. The molecule has 0 radical (unpaired) electrons. The number of rotatable bonds is 10. The Kier molecular flexibility index (Phi) is 16.6. The zero-order valence-corrected chi connectivity index (χ0v) is 31.6. The van der Waals surface area contributed by atoms with Gasteiger partial charge in [0.1, 0.15) is 5.60 Å². The molecule has 0 amide bonds. The van der Waals surface area contributed by atoms with E-state index in [-0.39, 0.29) is 23.4 Å². The molecule has 260 valence electrons. The van der Waals surface area contributed by atoms with Crippen LogP contribution in [0, 0.1) is 22.7 Å². The molecule has 2 aliphatic carbocycles. The molecule has 0 aromatic heterocycles. The van der Waals surface area contributed by atoms with Gasteiger partial charge >= 0.3 is 0 Å². The fraction of sp³-hybridized carbons (Fsp3) is 0.643. The summed E-state index contributed by atoms with van der Waals surface area (Å²) >= 11 is 0. The van der Waals surface area contributed by atoms with Crippen molar-refractivity contribution in [1.82, 2.24) is 0 Å². The van der Waals surface area contributed by atoms with Crippen LogP contribution < -0.4 is 0 Å². The number of carbonyl (C=O) groups excluding carboxylic acids is 1. The van der Waals surface area contributed by atoms with E-state index in [1.165, 1.54) is 12.0 Å². The second-order valence-corrected chi connectivity index (χ2v) is 15.3. The molecule has 2 N–H and O–H groups in total. The minimum absolute atomic E-state index is 0.0463. The molecular formula is C42H68O4. The van der Waals surface area contributed by atoms with Gasteiger partial charge in [0, 0.05) is 12.8 Å². The predicted octanol–water partition coefficient (Wildman–Crippen LogP) is 10.6. The Morgan fingerprint density at radius 3 is 1.85 bits per heavy atom. The standard InChI is InChI=1S/C29H40O3.C11H22O.C2H6/c1-8-9-10-14-22(2)15-11-12-16-23(3)17-13-18-24(4)26(31)21-29-27(5,6)19-25(30)20-28(29,7)32-29;1-8(2)10-6-5-9(12)7-11(10,3)4;1-2/h8-18,25,30H,19-21H2,1-7H3;8-10,12H,5-7H2,1-4H3;1-2H3/b9-8-,12-11+,14-10+,17-13+,22-15+,23-16+,24-18+;;. The second-order valence-electron chi connectivity index (χ2n) is 15.3. The van der Waals surface area contributed by atoms with E-state index < -0.39 is 11.2 Å². The van der Waals surface area contributed by atoms with Crippen LogP contribution >= 0.6 is 0 Å². The number of carbonyl (C=O) groups is 1. The first-order chi connectivity index (χ1) is 21.4. The molecule has 0 spiro atoms. The summed E-state index contributed by atoms with van der Waals surface area (Å²) in [6.07, 6.45) is 26.4. The van der Waals surface area contributed by atoms with Crippen molar-refractivity contribution in [2.24, 2.45) is 22.7 Å². The van der Waals surface area contributed by atoms with Crippen molar-refractivity contribution >= 4 is 5.78 Å². The number of ketones is 1. The van der Waals surface area contributed by atoms with Crippen LogP contribution in [0.4, 0.5) is 0 Å². The van der Waals surface area contributed by atoms with Crippen LogP contribution in [0.1, 0.15) is 129 Å². The molecule has 4 nitrogen and oxygen atoms in total. The maximum absolute atomic E-state index is 12.9. The van der Waals surface area contributed by atoms with Crippen LogP contribution in [0.15, 0.2) is 83.6 Å². The lowest BCUT2D eigenvalue weighted by Crippen LogP contribution is -2.48. The first-order valence-corrected chi connectivity index (χ1v) is 17.7. The van der Waals surface area contributed by atoms with Crippen LogP contribution in [-0.2, 0) is 9.53 Å². The number of aliphatic hydroxyl groups excluding tert-OH is 2. The van der Waals surface area contributed by atoms with Crippen molar-refractivity contribution in [3.63, 3.8) is 0 Å². The molecule has 0 aromatic rings. The van der Waals surface area contributed by atoms with Crippen molar-refractivity contribution in [1.29, 1.82) is 0 Å². The molecule has 3 rings (SSSR count). The Morgan fingerprint density at radius 2 is 1.35 bits per heavy atom. The smallest absolute Gasteiger partial charge is 0.161 e. The molecule has 0 aromatic carbocycles. The minimum Gasteiger partial charge on any atom is -0.393 e. The third kappa shape index (κ3) is 11.8. The Morgan fingerprint density at radius 1 is 0.783 bits per heavy atom. The van der Waals surface area contributed by atoms with Crippen LogP contribution in [-0.4, -0.2) is 39.4 Å². The molecule has 3 aliphatic rings. The normalized spacial score (nSPS) is 31.1. The summed E-state index contributed by atoms with van der Waals surface area (Å²) in [6.45, 7) is 27.4. The number of ether oxygens (including phenoxy) is 1. The molecular weight excluding hydrogens is 568 g/mol. The van der Waals surface area contributed by atoms with Crippen molar-refractivity contribution in [3.05, 3.63) is 83.6 Å². The highest BCUT2D eigenvalue weighted by Gasteiger charge is 2.76. The van der Waals surface area contributed by atoms with Crippen LogP contribution in [0.3, 0.4) is 0 Å².